The lowest BCUT2D eigenvalue weighted by molar-refractivity contribution is 0.0525. The summed E-state index contributed by atoms with van der Waals surface area (Å²) < 4.78 is 0. The fraction of sp³-hybridized carbons (Fsp3) is 0.500. The first-order valence-electron chi connectivity index (χ1n) is 10.4. The Morgan fingerprint density at radius 3 is 2.72 bits per heavy atom. The summed E-state index contributed by atoms with van der Waals surface area (Å²) in [7, 11) is 0. The summed E-state index contributed by atoms with van der Waals surface area (Å²) in [5, 5.41) is 12.8. The monoisotopic (exact) mass is 412 g/mol. The van der Waals surface area contributed by atoms with Gasteiger partial charge in [-0.2, -0.15) is 0 Å². The number of amides is 1. The molecule has 2 heterocycles. The summed E-state index contributed by atoms with van der Waals surface area (Å²) in [6, 6.07) is 10.6. The molecule has 0 saturated carbocycles. The van der Waals surface area contributed by atoms with E-state index in [4.69, 9.17) is 4.98 Å². The zero-order valence-corrected chi connectivity index (χ0v) is 18.7. The quantitative estimate of drug-likeness (QED) is 0.600. The standard InChI is InChI=1S/C24H32N2O2S/c1-17(18-10-6-5-7-11-18)9-8-12-20-16-29-22(25-20)19-13-14-26(23(27)28)21(15-19)24(2,3)4/h5-8,10-12,16-17,19,21H,9,13-15H2,1-4H3,(H,27,28)/b12-8-. The lowest BCUT2D eigenvalue weighted by Gasteiger charge is -2.44. The largest absolute Gasteiger partial charge is 0.465 e. The Labute approximate surface area is 178 Å². The maximum absolute atomic E-state index is 11.6. The number of thiazole rings is 1. The second-order valence-electron chi connectivity index (χ2n) is 9.14. The summed E-state index contributed by atoms with van der Waals surface area (Å²) in [5.41, 5.74) is 2.29. The molecule has 0 radical (unpaired) electrons. The Morgan fingerprint density at radius 2 is 2.07 bits per heavy atom. The van der Waals surface area contributed by atoms with E-state index < -0.39 is 6.09 Å². The van der Waals surface area contributed by atoms with Crippen molar-refractivity contribution >= 4 is 23.5 Å². The SMILES string of the molecule is CC(C/C=C\c1csc(C2CCN(C(=O)O)C(C(C)(C)C)C2)n1)c1ccccc1. The third-order valence-electron chi connectivity index (χ3n) is 5.88. The molecule has 3 atom stereocenters. The number of aromatic nitrogens is 1. The van der Waals surface area contributed by atoms with Crippen LogP contribution in [0.15, 0.2) is 41.8 Å². The molecule has 1 fully saturated rings. The number of allylic oxidation sites excluding steroid dienone is 1. The fourth-order valence-electron chi connectivity index (χ4n) is 4.11. The van der Waals surface area contributed by atoms with Crippen LogP contribution in [0, 0.1) is 5.41 Å². The van der Waals surface area contributed by atoms with E-state index in [9.17, 15) is 9.90 Å². The predicted octanol–water partition coefficient (Wildman–Crippen LogP) is 6.62. The molecule has 0 bridgehead atoms. The van der Waals surface area contributed by atoms with E-state index in [1.165, 1.54) is 5.56 Å². The second-order valence-corrected chi connectivity index (χ2v) is 10.0. The van der Waals surface area contributed by atoms with Gasteiger partial charge in [-0.3, -0.25) is 0 Å². The Hall–Kier alpha value is -2.14. The number of carbonyl (C=O) groups is 1. The second kappa shape index (κ2) is 9.12. The molecule has 156 valence electrons. The Balaban J connectivity index is 1.63. The van der Waals surface area contributed by atoms with Crippen LogP contribution in [0.4, 0.5) is 4.79 Å². The van der Waals surface area contributed by atoms with Crippen molar-refractivity contribution in [1.29, 1.82) is 0 Å². The zero-order chi connectivity index (χ0) is 21.0. The van der Waals surface area contributed by atoms with Crippen LogP contribution in [0.3, 0.4) is 0 Å². The predicted molar refractivity (Wildman–Crippen MR) is 121 cm³/mol. The van der Waals surface area contributed by atoms with Crippen LogP contribution in [0.1, 0.15) is 75.1 Å². The fourth-order valence-corrected chi connectivity index (χ4v) is 5.05. The number of hydrogen-bond acceptors (Lipinski definition) is 3. The Kier molecular flexibility index (Phi) is 6.78. The summed E-state index contributed by atoms with van der Waals surface area (Å²) in [6.45, 7) is 9.20. The van der Waals surface area contributed by atoms with Gasteiger partial charge < -0.3 is 10.0 Å². The lowest BCUT2D eigenvalue weighted by Crippen LogP contribution is -2.51. The van der Waals surface area contributed by atoms with E-state index in [1.54, 1.807) is 16.2 Å². The molecule has 1 saturated heterocycles. The number of rotatable bonds is 5. The highest BCUT2D eigenvalue weighted by Gasteiger charge is 2.39. The molecule has 5 heteroatoms. The van der Waals surface area contributed by atoms with E-state index in [1.807, 2.05) is 6.07 Å². The van der Waals surface area contributed by atoms with Gasteiger partial charge in [0.05, 0.1) is 10.7 Å². The van der Waals surface area contributed by atoms with E-state index >= 15 is 0 Å². The highest BCUT2D eigenvalue weighted by Crippen LogP contribution is 2.40. The summed E-state index contributed by atoms with van der Waals surface area (Å²) in [6.07, 6.45) is 6.20. The minimum absolute atomic E-state index is 0.0216. The molecule has 1 aliphatic heterocycles. The van der Waals surface area contributed by atoms with Crippen molar-refractivity contribution in [2.24, 2.45) is 5.41 Å². The van der Waals surface area contributed by atoms with Gasteiger partial charge in [0.25, 0.3) is 0 Å². The van der Waals surface area contributed by atoms with Crippen molar-refractivity contribution in [1.82, 2.24) is 9.88 Å². The van der Waals surface area contributed by atoms with Crippen molar-refractivity contribution in [3.05, 3.63) is 58.1 Å². The van der Waals surface area contributed by atoms with Gasteiger partial charge in [-0.25, -0.2) is 9.78 Å². The molecule has 29 heavy (non-hydrogen) atoms. The maximum Gasteiger partial charge on any atom is 0.407 e. The van der Waals surface area contributed by atoms with Gasteiger partial charge in [-0.15, -0.1) is 11.3 Å². The van der Waals surface area contributed by atoms with Gasteiger partial charge >= 0.3 is 6.09 Å². The normalized spacial score (nSPS) is 21.4. The summed E-state index contributed by atoms with van der Waals surface area (Å²) in [5.74, 6) is 0.823. The molecule has 4 nitrogen and oxygen atoms in total. The van der Waals surface area contributed by atoms with Gasteiger partial charge in [0.1, 0.15) is 0 Å². The lowest BCUT2D eigenvalue weighted by atomic mass is 9.77. The van der Waals surface area contributed by atoms with Crippen LogP contribution in [-0.4, -0.2) is 33.7 Å². The molecule has 0 spiro atoms. The van der Waals surface area contributed by atoms with Crippen molar-refractivity contribution < 1.29 is 9.90 Å². The molecule has 2 aromatic rings. The third-order valence-corrected chi connectivity index (χ3v) is 6.91. The number of benzene rings is 1. The highest BCUT2D eigenvalue weighted by atomic mass is 32.1. The number of nitrogens with zero attached hydrogens (tertiary/aromatic N) is 2. The van der Waals surface area contributed by atoms with Gasteiger partial charge in [0.2, 0.25) is 0 Å². The zero-order valence-electron chi connectivity index (χ0n) is 17.8. The Bertz CT molecular complexity index is 838. The Morgan fingerprint density at radius 1 is 1.34 bits per heavy atom. The van der Waals surface area contributed by atoms with Crippen molar-refractivity contribution in [2.75, 3.05) is 6.54 Å². The molecule has 1 aromatic heterocycles. The average Bonchev–Trinajstić information content (AvgIpc) is 3.16. The van der Waals surface area contributed by atoms with E-state index in [0.29, 0.717) is 18.4 Å². The van der Waals surface area contributed by atoms with Gasteiger partial charge in [0, 0.05) is 23.9 Å². The number of likely N-dealkylation sites (tertiary alicyclic amines) is 1. The smallest absolute Gasteiger partial charge is 0.407 e. The molecular weight excluding hydrogens is 380 g/mol. The van der Waals surface area contributed by atoms with Crippen LogP contribution < -0.4 is 0 Å². The van der Waals surface area contributed by atoms with Crippen molar-refractivity contribution in [3.8, 4) is 0 Å². The number of carboxylic acid groups (broad SMARTS) is 1. The van der Waals surface area contributed by atoms with Gasteiger partial charge in [0.15, 0.2) is 0 Å². The molecule has 3 rings (SSSR count). The van der Waals surface area contributed by atoms with E-state index in [2.05, 4.69) is 69.5 Å². The molecular formula is C24H32N2O2S. The topological polar surface area (TPSA) is 53.4 Å². The number of piperidine rings is 1. The first-order chi connectivity index (χ1) is 13.8. The molecule has 1 aromatic carbocycles. The van der Waals surface area contributed by atoms with Crippen molar-refractivity contribution in [3.63, 3.8) is 0 Å². The molecule has 1 amide bonds. The third kappa shape index (κ3) is 5.47. The minimum Gasteiger partial charge on any atom is -0.465 e. The minimum atomic E-state index is -0.807. The molecule has 0 aliphatic carbocycles. The maximum atomic E-state index is 11.6. The van der Waals surface area contributed by atoms with Crippen molar-refractivity contribution in [2.45, 2.75) is 64.8 Å². The van der Waals surface area contributed by atoms with Crippen LogP contribution >= 0.6 is 11.3 Å². The van der Waals surface area contributed by atoms with Gasteiger partial charge in [-0.05, 0) is 42.2 Å². The number of hydrogen-bond donors (Lipinski definition) is 1. The van der Waals surface area contributed by atoms with E-state index in [-0.39, 0.29) is 11.5 Å². The van der Waals surface area contributed by atoms with E-state index in [0.717, 1.165) is 30.0 Å². The van der Waals surface area contributed by atoms with Crippen LogP contribution in [0.5, 0.6) is 0 Å². The molecule has 1 aliphatic rings. The van der Waals surface area contributed by atoms with Crippen LogP contribution in [0.25, 0.3) is 6.08 Å². The van der Waals surface area contributed by atoms with Crippen LogP contribution in [0.2, 0.25) is 0 Å². The summed E-state index contributed by atoms with van der Waals surface area (Å²) in [4.78, 5) is 18.1. The highest BCUT2D eigenvalue weighted by molar-refractivity contribution is 7.09. The van der Waals surface area contributed by atoms with Crippen LogP contribution in [-0.2, 0) is 0 Å². The summed E-state index contributed by atoms with van der Waals surface area (Å²) >= 11 is 1.71. The molecule has 1 N–H and O–H groups in total. The first-order valence-corrected chi connectivity index (χ1v) is 11.3. The average molecular weight is 413 g/mol. The van der Waals surface area contributed by atoms with Gasteiger partial charge in [-0.1, -0.05) is 64.1 Å². The molecule has 3 unspecified atom stereocenters. The first kappa shape index (κ1) is 21.6.